The first-order chi connectivity index (χ1) is 9.65. The topological polar surface area (TPSA) is 75.9 Å². The minimum absolute atomic E-state index is 0.518. The molecule has 0 atom stereocenters. The third kappa shape index (κ3) is 3.07. The molecule has 2 aromatic heterocycles. The molecule has 0 aliphatic carbocycles. The van der Waals surface area contributed by atoms with Crippen molar-refractivity contribution in [3.63, 3.8) is 0 Å². The minimum Gasteiger partial charge on any atom is -0.444 e. The lowest BCUT2D eigenvalue weighted by atomic mass is 10.2. The Morgan fingerprint density at radius 1 is 1.10 bits per heavy atom. The van der Waals surface area contributed by atoms with Crippen molar-refractivity contribution in [3.05, 3.63) is 29.2 Å². The van der Waals surface area contributed by atoms with Gasteiger partial charge in [0.15, 0.2) is 0 Å². The molecule has 0 aliphatic rings. The summed E-state index contributed by atoms with van der Waals surface area (Å²) in [6.07, 6.45) is 2.42. The second-order valence-electron chi connectivity index (χ2n) is 4.54. The molecule has 2 rings (SSSR count). The van der Waals surface area contributed by atoms with Crippen LogP contribution in [0.5, 0.6) is 0 Å². The lowest BCUT2D eigenvalue weighted by Gasteiger charge is -2.12. The summed E-state index contributed by atoms with van der Waals surface area (Å²) in [5.74, 6) is 3.23. The normalized spacial score (nSPS) is 10.6. The summed E-state index contributed by atoms with van der Waals surface area (Å²) < 4.78 is 5.55. The molecule has 0 aromatic carbocycles. The van der Waals surface area contributed by atoms with Crippen LogP contribution in [0, 0.1) is 13.8 Å². The second kappa shape index (κ2) is 6.36. The van der Waals surface area contributed by atoms with Gasteiger partial charge in [-0.2, -0.15) is 0 Å². The van der Waals surface area contributed by atoms with Crippen molar-refractivity contribution in [3.8, 4) is 0 Å². The number of hydrogen-bond acceptors (Lipinski definition) is 6. The van der Waals surface area contributed by atoms with E-state index >= 15 is 0 Å². The van der Waals surface area contributed by atoms with Crippen LogP contribution in [-0.4, -0.2) is 21.5 Å². The molecular formula is C14H21N5O. The zero-order chi connectivity index (χ0) is 14.5. The molecule has 2 aromatic rings. The van der Waals surface area contributed by atoms with E-state index < -0.39 is 0 Å². The van der Waals surface area contributed by atoms with E-state index in [0.717, 1.165) is 41.6 Å². The highest BCUT2D eigenvalue weighted by atomic mass is 16.4. The van der Waals surface area contributed by atoms with Gasteiger partial charge in [0, 0.05) is 12.1 Å². The van der Waals surface area contributed by atoms with E-state index in [2.05, 4.69) is 32.5 Å². The zero-order valence-electron chi connectivity index (χ0n) is 12.4. The van der Waals surface area contributed by atoms with Crippen molar-refractivity contribution in [1.29, 1.82) is 0 Å². The number of aromatic nitrogens is 3. The Hall–Kier alpha value is -2.11. The highest BCUT2D eigenvalue weighted by Gasteiger charge is 2.11. The molecule has 2 heterocycles. The van der Waals surface area contributed by atoms with E-state index in [1.165, 1.54) is 0 Å². The number of rotatable bonds is 6. The van der Waals surface area contributed by atoms with Gasteiger partial charge >= 0.3 is 0 Å². The van der Waals surface area contributed by atoms with Gasteiger partial charge in [-0.25, -0.2) is 15.0 Å². The number of nitrogens with one attached hydrogen (secondary N) is 2. The monoisotopic (exact) mass is 275 g/mol. The van der Waals surface area contributed by atoms with Gasteiger partial charge in [0.1, 0.15) is 23.7 Å². The van der Waals surface area contributed by atoms with E-state index in [1.807, 2.05) is 20.8 Å². The Bertz CT molecular complexity index is 559. The summed E-state index contributed by atoms with van der Waals surface area (Å²) in [6, 6.07) is 0. The van der Waals surface area contributed by atoms with Crippen LogP contribution < -0.4 is 10.6 Å². The van der Waals surface area contributed by atoms with Gasteiger partial charge in [-0.05, 0) is 27.2 Å². The summed E-state index contributed by atoms with van der Waals surface area (Å²) in [4.78, 5) is 12.9. The third-order valence-electron chi connectivity index (χ3n) is 3.12. The minimum atomic E-state index is 0.518. The summed E-state index contributed by atoms with van der Waals surface area (Å²) in [7, 11) is 0. The summed E-state index contributed by atoms with van der Waals surface area (Å²) in [6.45, 7) is 9.34. The van der Waals surface area contributed by atoms with Crippen LogP contribution in [-0.2, 0) is 13.0 Å². The summed E-state index contributed by atoms with van der Waals surface area (Å²) >= 11 is 0. The fraction of sp³-hybridized carbons (Fsp3) is 0.500. The van der Waals surface area contributed by atoms with Crippen molar-refractivity contribution < 1.29 is 4.42 Å². The number of aryl methyl sites for hydroxylation is 2. The Kier molecular flexibility index (Phi) is 4.55. The van der Waals surface area contributed by atoms with Crippen molar-refractivity contribution in [2.75, 3.05) is 17.2 Å². The van der Waals surface area contributed by atoms with Crippen LogP contribution in [0.2, 0.25) is 0 Å². The van der Waals surface area contributed by atoms with Gasteiger partial charge in [0.05, 0.1) is 12.2 Å². The van der Waals surface area contributed by atoms with E-state index in [9.17, 15) is 0 Å². The number of anilines is 2. The van der Waals surface area contributed by atoms with Crippen LogP contribution in [0.25, 0.3) is 0 Å². The lowest BCUT2D eigenvalue weighted by molar-refractivity contribution is 0.478. The number of nitrogens with zero attached hydrogens (tertiary/aromatic N) is 3. The van der Waals surface area contributed by atoms with Gasteiger partial charge in [-0.15, -0.1) is 0 Å². The van der Waals surface area contributed by atoms with Gasteiger partial charge < -0.3 is 15.1 Å². The smallest absolute Gasteiger partial charge is 0.213 e. The maximum Gasteiger partial charge on any atom is 0.213 e. The van der Waals surface area contributed by atoms with Gasteiger partial charge in [0.2, 0.25) is 5.89 Å². The highest BCUT2D eigenvalue weighted by molar-refractivity contribution is 5.57. The Morgan fingerprint density at radius 3 is 2.35 bits per heavy atom. The molecule has 0 unspecified atom stereocenters. The zero-order valence-corrected chi connectivity index (χ0v) is 12.4. The van der Waals surface area contributed by atoms with Crippen molar-refractivity contribution in [2.45, 2.75) is 40.7 Å². The van der Waals surface area contributed by atoms with Gasteiger partial charge in [0.25, 0.3) is 0 Å². The molecule has 0 spiro atoms. The van der Waals surface area contributed by atoms with E-state index in [-0.39, 0.29) is 0 Å². The fourth-order valence-electron chi connectivity index (χ4n) is 1.99. The molecule has 0 fully saturated rings. The number of hydrogen-bond donors (Lipinski definition) is 2. The molecular weight excluding hydrogens is 254 g/mol. The SMILES string of the molecule is CCNc1ncnc(NCc2nc(C)c(C)o2)c1CC. The maximum absolute atomic E-state index is 5.55. The van der Waals surface area contributed by atoms with E-state index in [0.29, 0.717) is 12.4 Å². The average Bonchev–Trinajstić information content (AvgIpc) is 2.76. The van der Waals surface area contributed by atoms with E-state index in [1.54, 1.807) is 6.33 Å². The number of oxazole rings is 1. The molecule has 6 heteroatoms. The predicted octanol–water partition coefficient (Wildman–Crippen LogP) is 2.69. The standard InChI is InChI=1S/C14H21N5O/c1-5-11-13(15-6-2)17-8-18-14(11)16-7-12-19-9(3)10(4)20-12/h8H,5-7H2,1-4H3,(H2,15,16,17,18). The van der Waals surface area contributed by atoms with Crippen LogP contribution in [0.3, 0.4) is 0 Å². The highest BCUT2D eigenvalue weighted by Crippen LogP contribution is 2.21. The first-order valence-electron chi connectivity index (χ1n) is 6.90. The Labute approximate surface area is 119 Å². The maximum atomic E-state index is 5.55. The van der Waals surface area contributed by atoms with Crippen LogP contribution in [0.1, 0.15) is 36.8 Å². The Balaban J connectivity index is 2.14. The molecule has 20 heavy (non-hydrogen) atoms. The molecule has 0 aliphatic heterocycles. The quantitative estimate of drug-likeness (QED) is 0.844. The molecule has 108 valence electrons. The fourth-order valence-corrected chi connectivity index (χ4v) is 1.99. The molecule has 0 bridgehead atoms. The molecule has 0 saturated carbocycles. The van der Waals surface area contributed by atoms with Gasteiger partial charge in [-0.3, -0.25) is 0 Å². The van der Waals surface area contributed by atoms with Crippen LogP contribution in [0.4, 0.5) is 11.6 Å². The summed E-state index contributed by atoms with van der Waals surface area (Å²) in [5, 5.41) is 6.52. The average molecular weight is 275 g/mol. The second-order valence-corrected chi connectivity index (χ2v) is 4.54. The van der Waals surface area contributed by atoms with Crippen molar-refractivity contribution >= 4 is 11.6 Å². The van der Waals surface area contributed by atoms with E-state index in [4.69, 9.17) is 4.42 Å². The van der Waals surface area contributed by atoms with Crippen LogP contribution >= 0.6 is 0 Å². The Morgan fingerprint density at radius 2 is 1.80 bits per heavy atom. The molecule has 6 nitrogen and oxygen atoms in total. The predicted molar refractivity (Wildman–Crippen MR) is 78.9 cm³/mol. The van der Waals surface area contributed by atoms with Crippen LogP contribution in [0.15, 0.2) is 10.7 Å². The first-order valence-corrected chi connectivity index (χ1v) is 6.90. The molecule has 0 amide bonds. The summed E-state index contributed by atoms with van der Waals surface area (Å²) in [5.41, 5.74) is 2.00. The first kappa shape index (κ1) is 14.3. The van der Waals surface area contributed by atoms with Crippen molar-refractivity contribution in [1.82, 2.24) is 15.0 Å². The molecule has 2 N–H and O–H groups in total. The lowest BCUT2D eigenvalue weighted by Crippen LogP contribution is -2.09. The molecule has 0 radical (unpaired) electrons. The van der Waals surface area contributed by atoms with Crippen molar-refractivity contribution in [2.24, 2.45) is 0 Å². The third-order valence-corrected chi connectivity index (χ3v) is 3.12. The largest absolute Gasteiger partial charge is 0.444 e. The van der Waals surface area contributed by atoms with Gasteiger partial charge in [-0.1, -0.05) is 6.92 Å². The molecule has 0 saturated heterocycles.